The molecule has 1 saturated carbocycles. The van der Waals surface area contributed by atoms with E-state index >= 15 is 0 Å². The predicted octanol–water partition coefficient (Wildman–Crippen LogP) is 3.26. The van der Waals surface area contributed by atoms with E-state index in [-0.39, 0.29) is 5.91 Å². The maximum Gasteiger partial charge on any atom is 0.270 e. The minimum atomic E-state index is -0.0461. The number of thiazole rings is 1. The molecule has 1 aromatic heterocycles. The van der Waals surface area contributed by atoms with Crippen LogP contribution in [-0.4, -0.2) is 16.9 Å². The Hall–Kier alpha value is -1.68. The van der Waals surface area contributed by atoms with Crippen molar-refractivity contribution in [3.05, 3.63) is 40.9 Å². The highest BCUT2D eigenvalue weighted by molar-refractivity contribution is 7.13. The number of amides is 1. The second-order valence-corrected chi connectivity index (χ2v) is 5.69. The van der Waals surface area contributed by atoms with E-state index in [4.69, 9.17) is 0 Å². The zero-order valence-electron chi connectivity index (χ0n) is 10.8. The highest BCUT2D eigenvalue weighted by Crippen LogP contribution is 2.25. The van der Waals surface area contributed by atoms with E-state index in [9.17, 15) is 4.79 Å². The van der Waals surface area contributed by atoms with E-state index in [1.807, 2.05) is 5.38 Å². The molecule has 2 aromatic rings. The van der Waals surface area contributed by atoms with Gasteiger partial charge in [-0.15, -0.1) is 11.3 Å². The van der Waals surface area contributed by atoms with Crippen LogP contribution in [0.25, 0.3) is 10.6 Å². The third-order valence-corrected chi connectivity index (χ3v) is 4.15. The van der Waals surface area contributed by atoms with Gasteiger partial charge in [-0.3, -0.25) is 4.79 Å². The van der Waals surface area contributed by atoms with E-state index in [0.717, 1.165) is 29.8 Å². The number of benzene rings is 1. The average molecular weight is 272 g/mol. The minimum absolute atomic E-state index is 0.0461. The van der Waals surface area contributed by atoms with Crippen molar-refractivity contribution >= 4 is 17.2 Å². The second kappa shape index (κ2) is 5.13. The van der Waals surface area contributed by atoms with Crippen molar-refractivity contribution in [2.45, 2.75) is 32.2 Å². The first kappa shape index (κ1) is 12.4. The van der Waals surface area contributed by atoms with Crippen molar-refractivity contribution in [3.8, 4) is 10.6 Å². The molecule has 19 heavy (non-hydrogen) atoms. The monoisotopic (exact) mass is 272 g/mol. The first-order valence-corrected chi connectivity index (χ1v) is 7.50. The van der Waals surface area contributed by atoms with Gasteiger partial charge in [0.15, 0.2) is 0 Å². The van der Waals surface area contributed by atoms with Gasteiger partial charge in [0.1, 0.15) is 10.7 Å². The zero-order chi connectivity index (χ0) is 13.2. The number of rotatable bonds is 4. The normalized spacial score (nSPS) is 14.4. The van der Waals surface area contributed by atoms with Crippen molar-refractivity contribution in [2.75, 3.05) is 0 Å². The van der Waals surface area contributed by atoms with Crippen molar-refractivity contribution in [1.29, 1.82) is 0 Å². The Morgan fingerprint density at radius 2 is 2.11 bits per heavy atom. The predicted molar refractivity (Wildman–Crippen MR) is 77.4 cm³/mol. The SMILES string of the molecule is CCc1ccc(-c2nc(C(=O)NC3CC3)cs2)cc1. The molecular weight excluding hydrogens is 256 g/mol. The van der Waals surface area contributed by atoms with Crippen LogP contribution >= 0.6 is 11.3 Å². The molecule has 3 nitrogen and oxygen atoms in total. The van der Waals surface area contributed by atoms with Crippen molar-refractivity contribution in [1.82, 2.24) is 10.3 Å². The van der Waals surface area contributed by atoms with Gasteiger partial charge in [0.25, 0.3) is 5.91 Å². The molecule has 0 bridgehead atoms. The van der Waals surface area contributed by atoms with Crippen LogP contribution in [-0.2, 0) is 6.42 Å². The lowest BCUT2D eigenvalue weighted by molar-refractivity contribution is 0.0947. The lowest BCUT2D eigenvalue weighted by atomic mass is 10.1. The van der Waals surface area contributed by atoms with E-state index in [0.29, 0.717) is 11.7 Å². The van der Waals surface area contributed by atoms with Gasteiger partial charge >= 0.3 is 0 Å². The summed E-state index contributed by atoms with van der Waals surface area (Å²) in [6.07, 6.45) is 3.23. The van der Waals surface area contributed by atoms with Crippen molar-refractivity contribution in [3.63, 3.8) is 0 Å². The molecule has 0 aliphatic heterocycles. The van der Waals surface area contributed by atoms with Crippen molar-refractivity contribution in [2.24, 2.45) is 0 Å². The van der Waals surface area contributed by atoms with Gasteiger partial charge in [-0.2, -0.15) is 0 Å². The molecule has 1 aliphatic carbocycles. The Kier molecular flexibility index (Phi) is 3.34. The molecule has 1 heterocycles. The fraction of sp³-hybridized carbons (Fsp3) is 0.333. The third-order valence-electron chi connectivity index (χ3n) is 3.26. The molecule has 1 amide bonds. The number of aromatic nitrogens is 1. The fourth-order valence-corrected chi connectivity index (χ4v) is 2.69. The van der Waals surface area contributed by atoms with Gasteiger partial charge in [0, 0.05) is 17.0 Å². The summed E-state index contributed by atoms with van der Waals surface area (Å²) >= 11 is 1.52. The van der Waals surface area contributed by atoms with Crippen LogP contribution in [0.5, 0.6) is 0 Å². The summed E-state index contributed by atoms with van der Waals surface area (Å²) in [5, 5.41) is 5.70. The second-order valence-electron chi connectivity index (χ2n) is 4.84. The number of carbonyl (C=O) groups is 1. The van der Waals surface area contributed by atoms with Crippen LogP contribution < -0.4 is 5.32 Å². The molecule has 1 N–H and O–H groups in total. The highest BCUT2D eigenvalue weighted by Gasteiger charge is 2.24. The van der Waals surface area contributed by atoms with E-state index in [2.05, 4.69) is 41.5 Å². The number of carbonyl (C=O) groups excluding carboxylic acids is 1. The number of nitrogens with one attached hydrogen (secondary N) is 1. The maximum atomic E-state index is 11.9. The lowest BCUT2D eigenvalue weighted by Crippen LogP contribution is -2.25. The molecule has 4 heteroatoms. The van der Waals surface area contributed by atoms with Gasteiger partial charge in [-0.05, 0) is 24.8 Å². The molecule has 98 valence electrons. The van der Waals surface area contributed by atoms with Crippen molar-refractivity contribution < 1.29 is 4.79 Å². The van der Waals surface area contributed by atoms with Gasteiger partial charge in [0.2, 0.25) is 0 Å². The first-order chi connectivity index (χ1) is 9.26. The summed E-state index contributed by atoms with van der Waals surface area (Å²) < 4.78 is 0. The Morgan fingerprint density at radius 3 is 2.74 bits per heavy atom. The standard InChI is InChI=1S/C15H16N2OS/c1-2-10-3-5-11(6-4-10)15-17-13(9-19-15)14(18)16-12-7-8-12/h3-6,9,12H,2,7-8H2,1H3,(H,16,18). The topological polar surface area (TPSA) is 42.0 Å². The molecule has 0 radical (unpaired) electrons. The smallest absolute Gasteiger partial charge is 0.270 e. The molecule has 0 unspecified atom stereocenters. The molecular formula is C15H16N2OS. The maximum absolute atomic E-state index is 11.9. The Labute approximate surface area is 116 Å². The quantitative estimate of drug-likeness (QED) is 0.928. The Morgan fingerprint density at radius 1 is 1.37 bits per heavy atom. The number of hydrogen-bond donors (Lipinski definition) is 1. The Bertz CT molecular complexity index is 584. The Balaban J connectivity index is 1.77. The van der Waals surface area contributed by atoms with Gasteiger partial charge in [-0.1, -0.05) is 31.2 Å². The van der Waals surface area contributed by atoms with Gasteiger partial charge < -0.3 is 5.32 Å². The van der Waals surface area contributed by atoms with Crippen LogP contribution in [0.2, 0.25) is 0 Å². The van der Waals surface area contributed by atoms with Gasteiger partial charge in [0.05, 0.1) is 0 Å². The summed E-state index contributed by atoms with van der Waals surface area (Å²) in [7, 11) is 0. The number of hydrogen-bond acceptors (Lipinski definition) is 3. The third kappa shape index (κ3) is 2.84. The van der Waals surface area contributed by atoms with Gasteiger partial charge in [-0.25, -0.2) is 4.98 Å². The zero-order valence-corrected chi connectivity index (χ0v) is 11.7. The highest BCUT2D eigenvalue weighted by atomic mass is 32.1. The summed E-state index contributed by atoms with van der Waals surface area (Å²) in [5.74, 6) is -0.0461. The molecule has 1 fully saturated rings. The summed E-state index contributed by atoms with van der Waals surface area (Å²) in [4.78, 5) is 16.3. The first-order valence-electron chi connectivity index (χ1n) is 6.62. The van der Waals surface area contributed by atoms with E-state index in [1.54, 1.807) is 0 Å². The van der Waals surface area contributed by atoms with Crippen LogP contribution in [0, 0.1) is 0 Å². The van der Waals surface area contributed by atoms with Crippen LogP contribution in [0.4, 0.5) is 0 Å². The fourth-order valence-electron chi connectivity index (χ4n) is 1.88. The summed E-state index contributed by atoms with van der Waals surface area (Å²) in [6, 6.07) is 8.74. The van der Waals surface area contributed by atoms with E-state index < -0.39 is 0 Å². The number of nitrogens with zero attached hydrogens (tertiary/aromatic N) is 1. The summed E-state index contributed by atoms with van der Waals surface area (Å²) in [6.45, 7) is 2.14. The lowest BCUT2D eigenvalue weighted by Gasteiger charge is -2.00. The number of aryl methyl sites for hydroxylation is 1. The minimum Gasteiger partial charge on any atom is -0.348 e. The molecule has 0 spiro atoms. The van der Waals surface area contributed by atoms with Crippen LogP contribution in [0.3, 0.4) is 0 Å². The van der Waals surface area contributed by atoms with E-state index in [1.165, 1.54) is 16.9 Å². The van der Waals surface area contributed by atoms with Crippen LogP contribution in [0.1, 0.15) is 35.8 Å². The molecule has 1 aliphatic rings. The summed E-state index contributed by atoms with van der Waals surface area (Å²) in [5.41, 5.74) is 2.92. The molecule has 0 saturated heterocycles. The molecule has 1 aromatic carbocycles. The average Bonchev–Trinajstić information content (AvgIpc) is 3.11. The molecule has 0 atom stereocenters. The molecule has 3 rings (SSSR count). The van der Waals surface area contributed by atoms with Crippen LogP contribution in [0.15, 0.2) is 29.6 Å². The largest absolute Gasteiger partial charge is 0.348 e.